The Morgan fingerprint density at radius 1 is 1.16 bits per heavy atom. The smallest absolute Gasteiger partial charge is 0.230 e. The predicted octanol–water partition coefficient (Wildman–Crippen LogP) is 2.62. The number of anilines is 3. The number of piperidine rings is 1. The summed E-state index contributed by atoms with van der Waals surface area (Å²) in [6.07, 6.45) is -0.553. The number of alkyl halides is 1. The number of benzene rings is 2. The first kappa shape index (κ1) is 30.6. The highest BCUT2D eigenvalue weighted by Crippen LogP contribution is 2.29. The molecule has 12 nitrogen and oxygen atoms in total. The third-order valence-electron chi connectivity index (χ3n) is 8.64. The van der Waals surface area contributed by atoms with Crippen molar-refractivity contribution < 1.29 is 23.8 Å². The Morgan fingerprint density at radius 3 is 2.60 bits per heavy atom. The van der Waals surface area contributed by atoms with Gasteiger partial charge in [-0.05, 0) is 42.5 Å². The van der Waals surface area contributed by atoms with E-state index < -0.39 is 18.2 Å². The van der Waals surface area contributed by atoms with Crippen LogP contribution < -0.4 is 15.0 Å². The minimum Gasteiger partial charge on any atom is -0.486 e. The monoisotopic (exact) mass is 616 g/mol. The molecular formula is C32H37FN8O4. The fourth-order valence-electron chi connectivity index (χ4n) is 5.79. The molecule has 3 aliphatic heterocycles. The molecule has 0 aliphatic carbocycles. The number of carbonyl (C=O) groups is 1. The SMILES string of the molecule is C[C@@H](CO)C(=O)N1CC[C@H](Oc2ccc(-c3ncnc(Nc4ccc(N5CCN(C6COC6)CC5)cc4)n3)cc2C#N)[C@@H](F)C1. The van der Waals surface area contributed by atoms with Gasteiger partial charge in [0.05, 0.1) is 43.9 Å². The van der Waals surface area contributed by atoms with Gasteiger partial charge in [-0.15, -0.1) is 0 Å². The molecule has 2 N–H and O–H groups in total. The summed E-state index contributed by atoms with van der Waals surface area (Å²) in [5, 5.41) is 22.3. The molecule has 0 saturated carbocycles. The van der Waals surface area contributed by atoms with Gasteiger partial charge in [-0.2, -0.15) is 10.2 Å². The lowest BCUT2D eigenvalue weighted by molar-refractivity contribution is -0.140. The van der Waals surface area contributed by atoms with Crippen LogP contribution in [0, 0.1) is 17.2 Å². The highest BCUT2D eigenvalue weighted by Gasteiger charge is 2.35. The topological polar surface area (TPSA) is 140 Å². The van der Waals surface area contributed by atoms with Crippen LogP contribution in [0.3, 0.4) is 0 Å². The number of aliphatic hydroxyl groups is 1. The first-order chi connectivity index (χ1) is 21.9. The molecule has 4 heterocycles. The molecule has 13 heteroatoms. The van der Waals surface area contributed by atoms with Gasteiger partial charge in [-0.3, -0.25) is 9.69 Å². The van der Waals surface area contributed by atoms with Gasteiger partial charge in [0.1, 0.15) is 24.3 Å². The van der Waals surface area contributed by atoms with Crippen molar-refractivity contribution in [3.63, 3.8) is 0 Å². The van der Waals surface area contributed by atoms with Crippen LogP contribution in [0.25, 0.3) is 11.4 Å². The van der Waals surface area contributed by atoms with Gasteiger partial charge in [0.2, 0.25) is 11.9 Å². The third-order valence-corrected chi connectivity index (χ3v) is 8.64. The summed E-state index contributed by atoms with van der Waals surface area (Å²) < 4.78 is 26.2. The molecule has 45 heavy (non-hydrogen) atoms. The van der Waals surface area contributed by atoms with Gasteiger partial charge < -0.3 is 29.7 Å². The number of carbonyl (C=O) groups excluding carboxylic acids is 1. The molecule has 3 atom stereocenters. The minimum atomic E-state index is -1.43. The molecule has 3 aliphatic rings. The average molecular weight is 617 g/mol. The zero-order valence-corrected chi connectivity index (χ0v) is 25.2. The fourth-order valence-corrected chi connectivity index (χ4v) is 5.79. The molecule has 236 valence electrons. The van der Waals surface area contributed by atoms with Crippen molar-refractivity contribution in [1.82, 2.24) is 24.8 Å². The van der Waals surface area contributed by atoms with E-state index in [-0.39, 0.29) is 36.8 Å². The fraction of sp³-hybridized carbons (Fsp3) is 0.469. The number of hydrogen-bond acceptors (Lipinski definition) is 11. The molecule has 3 aromatic rings. The number of halogens is 1. The lowest BCUT2D eigenvalue weighted by atomic mass is 10.0. The Bertz CT molecular complexity index is 1520. The molecule has 1 amide bonds. The number of ether oxygens (including phenoxy) is 2. The maximum atomic E-state index is 15.0. The van der Waals surface area contributed by atoms with Gasteiger partial charge in [0.25, 0.3) is 0 Å². The summed E-state index contributed by atoms with van der Waals surface area (Å²) in [7, 11) is 0. The molecule has 1 aromatic heterocycles. The summed E-state index contributed by atoms with van der Waals surface area (Å²) in [5.74, 6) is 0.121. The van der Waals surface area contributed by atoms with Crippen molar-refractivity contribution >= 4 is 23.2 Å². The number of rotatable bonds is 9. The van der Waals surface area contributed by atoms with Crippen LogP contribution in [0.5, 0.6) is 5.75 Å². The van der Waals surface area contributed by atoms with Gasteiger partial charge in [0, 0.05) is 56.1 Å². The Balaban J connectivity index is 1.07. The second kappa shape index (κ2) is 13.7. The van der Waals surface area contributed by atoms with Crippen LogP contribution in [-0.4, -0.2) is 113 Å². The van der Waals surface area contributed by atoms with Gasteiger partial charge in [-0.25, -0.2) is 14.4 Å². The highest BCUT2D eigenvalue weighted by atomic mass is 19.1. The number of hydrogen-bond donors (Lipinski definition) is 2. The first-order valence-electron chi connectivity index (χ1n) is 15.3. The molecule has 6 rings (SSSR count). The Labute approximate surface area is 261 Å². The number of aliphatic hydroxyl groups excluding tert-OH is 1. The maximum Gasteiger partial charge on any atom is 0.230 e. The van der Waals surface area contributed by atoms with Crippen LogP contribution in [0.4, 0.5) is 21.7 Å². The van der Waals surface area contributed by atoms with Crippen molar-refractivity contribution in [2.75, 3.05) is 69.3 Å². The summed E-state index contributed by atoms with van der Waals surface area (Å²) >= 11 is 0. The lowest BCUT2D eigenvalue weighted by Crippen LogP contribution is -2.56. The number of piperazine rings is 1. The molecular weight excluding hydrogens is 579 g/mol. The predicted molar refractivity (Wildman–Crippen MR) is 165 cm³/mol. The molecule has 3 saturated heterocycles. The summed E-state index contributed by atoms with van der Waals surface area (Å²) in [6, 6.07) is 15.8. The quantitative estimate of drug-likeness (QED) is 0.367. The van der Waals surface area contributed by atoms with Gasteiger partial charge in [-0.1, -0.05) is 6.92 Å². The van der Waals surface area contributed by atoms with Gasteiger partial charge >= 0.3 is 0 Å². The summed E-state index contributed by atoms with van der Waals surface area (Å²) in [6.45, 7) is 7.23. The second-order valence-corrected chi connectivity index (χ2v) is 11.7. The van der Waals surface area contributed by atoms with Crippen molar-refractivity contribution in [1.29, 1.82) is 5.26 Å². The van der Waals surface area contributed by atoms with Crippen molar-refractivity contribution in [3.8, 4) is 23.2 Å². The molecule has 3 fully saturated rings. The number of nitrogens with zero attached hydrogens (tertiary/aromatic N) is 7. The summed E-state index contributed by atoms with van der Waals surface area (Å²) in [4.78, 5) is 31.7. The second-order valence-electron chi connectivity index (χ2n) is 11.7. The van der Waals surface area contributed by atoms with Crippen LogP contribution in [-0.2, 0) is 9.53 Å². The summed E-state index contributed by atoms with van der Waals surface area (Å²) in [5.41, 5.74) is 2.81. The Hall–Kier alpha value is -4.38. The molecule has 2 aromatic carbocycles. The van der Waals surface area contributed by atoms with Crippen LogP contribution in [0.1, 0.15) is 18.9 Å². The van der Waals surface area contributed by atoms with Crippen molar-refractivity contribution in [3.05, 3.63) is 54.4 Å². The van der Waals surface area contributed by atoms with Crippen molar-refractivity contribution in [2.45, 2.75) is 31.7 Å². The first-order valence-corrected chi connectivity index (χ1v) is 15.3. The van der Waals surface area contributed by atoms with Crippen LogP contribution in [0.15, 0.2) is 48.8 Å². The van der Waals surface area contributed by atoms with E-state index in [1.807, 2.05) is 12.1 Å². The number of aromatic nitrogens is 3. The van der Waals surface area contributed by atoms with E-state index in [0.29, 0.717) is 29.9 Å². The van der Waals surface area contributed by atoms with E-state index in [9.17, 15) is 19.6 Å². The average Bonchev–Trinajstić information content (AvgIpc) is 3.05. The maximum absolute atomic E-state index is 15.0. The lowest BCUT2D eigenvalue weighted by Gasteiger charge is -2.43. The number of nitriles is 1. The third kappa shape index (κ3) is 6.98. The Morgan fingerprint density at radius 2 is 1.93 bits per heavy atom. The largest absolute Gasteiger partial charge is 0.486 e. The minimum absolute atomic E-state index is 0.120. The van der Waals surface area contributed by atoms with Crippen LogP contribution in [0.2, 0.25) is 0 Å². The van der Waals surface area contributed by atoms with E-state index in [0.717, 1.165) is 45.1 Å². The van der Waals surface area contributed by atoms with E-state index in [2.05, 4.69) is 48.3 Å². The van der Waals surface area contributed by atoms with Gasteiger partial charge in [0.15, 0.2) is 12.0 Å². The molecule has 0 radical (unpaired) electrons. The van der Waals surface area contributed by atoms with Crippen molar-refractivity contribution in [2.24, 2.45) is 5.92 Å². The molecule has 0 unspecified atom stereocenters. The van der Waals surface area contributed by atoms with E-state index >= 15 is 0 Å². The van der Waals surface area contributed by atoms with Crippen LogP contribution >= 0.6 is 0 Å². The molecule has 0 bridgehead atoms. The Kier molecular flexibility index (Phi) is 9.34. The highest BCUT2D eigenvalue weighted by molar-refractivity contribution is 5.78. The molecule has 0 spiro atoms. The number of nitrogens with one attached hydrogen (secondary N) is 1. The van der Waals surface area contributed by atoms with E-state index in [1.54, 1.807) is 25.1 Å². The van der Waals surface area contributed by atoms with E-state index in [4.69, 9.17) is 9.47 Å². The normalized spacial score (nSPS) is 21.5. The standard InChI is InChI=1S/C32H37FN8O4/c1-21(17-42)31(43)41-9-8-29(27(33)16-41)45-28-7-2-22(14-23(28)15-34)30-35-20-36-32(38-30)37-24-3-5-25(6-4-24)39-10-12-40(13-11-39)26-18-44-19-26/h2-7,14,20-21,26-27,29,42H,8-13,16-19H2,1H3,(H,35,36,37,38)/t21-,27-,29-/m0/s1. The number of likely N-dealkylation sites (tertiary alicyclic amines) is 1. The number of amides is 1. The zero-order chi connectivity index (χ0) is 31.3. The van der Waals surface area contributed by atoms with E-state index in [1.165, 1.54) is 16.9 Å². The zero-order valence-electron chi connectivity index (χ0n) is 25.2.